The SMILES string of the molecule is CCC(C)C[C@H]1CCCN1C. The van der Waals surface area contributed by atoms with Crippen LogP contribution in [0.25, 0.3) is 0 Å². The van der Waals surface area contributed by atoms with Crippen LogP contribution in [0.1, 0.15) is 39.5 Å². The number of likely N-dealkylation sites (tertiary alicyclic amines) is 1. The summed E-state index contributed by atoms with van der Waals surface area (Å²) < 4.78 is 0. The van der Waals surface area contributed by atoms with E-state index in [1.54, 1.807) is 0 Å². The number of rotatable bonds is 3. The zero-order valence-corrected chi connectivity index (χ0v) is 8.14. The van der Waals surface area contributed by atoms with E-state index < -0.39 is 0 Å². The fraction of sp³-hybridized carbons (Fsp3) is 1.00. The fourth-order valence-electron chi connectivity index (χ4n) is 1.91. The van der Waals surface area contributed by atoms with Crippen molar-refractivity contribution in [3.63, 3.8) is 0 Å². The van der Waals surface area contributed by atoms with Crippen molar-refractivity contribution in [1.29, 1.82) is 0 Å². The van der Waals surface area contributed by atoms with Gasteiger partial charge in [-0.25, -0.2) is 0 Å². The molecule has 0 aliphatic carbocycles. The van der Waals surface area contributed by atoms with Crippen molar-refractivity contribution in [3.05, 3.63) is 0 Å². The highest BCUT2D eigenvalue weighted by Gasteiger charge is 2.21. The monoisotopic (exact) mass is 155 g/mol. The lowest BCUT2D eigenvalue weighted by molar-refractivity contribution is 0.264. The lowest BCUT2D eigenvalue weighted by atomic mass is 9.98. The third-order valence-corrected chi connectivity index (χ3v) is 3.04. The minimum atomic E-state index is 0.893. The van der Waals surface area contributed by atoms with E-state index in [1.807, 2.05) is 0 Å². The molecule has 2 atom stereocenters. The molecule has 0 amide bonds. The summed E-state index contributed by atoms with van der Waals surface area (Å²) in [6, 6.07) is 0.893. The molecule has 1 fully saturated rings. The molecule has 0 N–H and O–H groups in total. The fourth-order valence-corrected chi connectivity index (χ4v) is 1.91. The molecule has 0 bridgehead atoms. The van der Waals surface area contributed by atoms with Crippen LogP contribution >= 0.6 is 0 Å². The average molecular weight is 155 g/mol. The van der Waals surface area contributed by atoms with Crippen LogP contribution in [0.5, 0.6) is 0 Å². The molecule has 0 spiro atoms. The lowest BCUT2D eigenvalue weighted by Gasteiger charge is -2.22. The van der Waals surface area contributed by atoms with Crippen molar-refractivity contribution in [2.45, 2.75) is 45.6 Å². The molecule has 1 unspecified atom stereocenters. The molecule has 0 aromatic heterocycles. The first-order valence-corrected chi connectivity index (χ1v) is 4.94. The van der Waals surface area contributed by atoms with Gasteiger partial charge in [-0.3, -0.25) is 0 Å². The Kier molecular flexibility index (Phi) is 3.38. The minimum absolute atomic E-state index is 0.893. The molecular weight excluding hydrogens is 134 g/mol. The Bertz CT molecular complexity index is 111. The first-order chi connectivity index (χ1) is 5.24. The van der Waals surface area contributed by atoms with Crippen LogP contribution in [-0.2, 0) is 0 Å². The summed E-state index contributed by atoms with van der Waals surface area (Å²) >= 11 is 0. The Morgan fingerprint density at radius 1 is 1.55 bits per heavy atom. The molecule has 0 radical (unpaired) electrons. The first kappa shape index (κ1) is 9.05. The summed E-state index contributed by atoms with van der Waals surface area (Å²) in [5.74, 6) is 0.917. The van der Waals surface area contributed by atoms with Gasteiger partial charge in [0.1, 0.15) is 0 Å². The third-order valence-electron chi connectivity index (χ3n) is 3.04. The van der Waals surface area contributed by atoms with Gasteiger partial charge in [-0.1, -0.05) is 20.3 Å². The summed E-state index contributed by atoms with van der Waals surface area (Å²) in [6.45, 7) is 5.98. The Hall–Kier alpha value is -0.0400. The van der Waals surface area contributed by atoms with Gasteiger partial charge in [0.05, 0.1) is 0 Å². The van der Waals surface area contributed by atoms with E-state index in [9.17, 15) is 0 Å². The topological polar surface area (TPSA) is 3.24 Å². The number of hydrogen-bond donors (Lipinski definition) is 0. The molecule has 1 nitrogen and oxygen atoms in total. The number of hydrogen-bond acceptors (Lipinski definition) is 1. The van der Waals surface area contributed by atoms with Gasteiger partial charge in [-0.05, 0) is 38.8 Å². The van der Waals surface area contributed by atoms with Crippen LogP contribution in [0.3, 0.4) is 0 Å². The Morgan fingerprint density at radius 3 is 2.73 bits per heavy atom. The molecule has 66 valence electrons. The van der Waals surface area contributed by atoms with E-state index in [4.69, 9.17) is 0 Å². The molecule has 0 saturated carbocycles. The van der Waals surface area contributed by atoms with Gasteiger partial charge in [0.2, 0.25) is 0 Å². The summed E-state index contributed by atoms with van der Waals surface area (Å²) in [5, 5.41) is 0. The zero-order valence-electron chi connectivity index (χ0n) is 8.14. The van der Waals surface area contributed by atoms with E-state index >= 15 is 0 Å². The Morgan fingerprint density at radius 2 is 2.27 bits per heavy atom. The van der Waals surface area contributed by atoms with Gasteiger partial charge in [0.15, 0.2) is 0 Å². The van der Waals surface area contributed by atoms with Crippen molar-refractivity contribution in [2.24, 2.45) is 5.92 Å². The third kappa shape index (κ3) is 2.48. The highest BCUT2D eigenvalue weighted by Crippen LogP contribution is 2.22. The standard InChI is InChI=1S/C10H21N/c1-4-9(2)8-10-6-5-7-11(10)3/h9-10H,4-8H2,1-3H3/t9?,10-/m1/s1. The van der Waals surface area contributed by atoms with Crippen molar-refractivity contribution < 1.29 is 0 Å². The molecule has 0 aromatic rings. The van der Waals surface area contributed by atoms with Crippen molar-refractivity contribution in [1.82, 2.24) is 4.90 Å². The van der Waals surface area contributed by atoms with Crippen LogP contribution < -0.4 is 0 Å². The van der Waals surface area contributed by atoms with E-state index in [-0.39, 0.29) is 0 Å². The maximum Gasteiger partial charge on any atom is 0.00952 e. The van der Waals surface area contributed by atoms with E-state index in [0.717, 1.165) is 12.0 Å². The smallest absolute Gasteiger partial charge is 0.00952 e. The maximum absolute atomic E-state index is 2.52. The molecule has 1 heteroatoms. The predicted octanol–water partition coefficient (Wildman–Crippen LogP) is 2.52. The lowest BCUT2D eigenvalue weighted by Crippen LogP contribution is -2.26. The van der Waals surface area contributed by atoms with Gasteiger partial charge in [-0.2, -0.15) is 0 Å². The molecular formula is C10H21N. The van der Waals surface area contributed by atoms with Crippen LogP contribution in [0, 0.1) is 5.92 Å². The van der Waals surface area contributed by atoms with Gasteiger partial charge in [0.25, 0.3) is 0 Å². The molecule has 1 heterocycles. The van der Waals surface area contributed by atoms with Crippen LogP contribution in [-0.4, -0.2) is 24.5 Å². The van der Waals surface area contributed by atoms with Crippen LogP contribution in [0.15, 0.2) is 0 Å². The van der Waals surface area contributed by atoms with E-state index in [1.165, 1.54) is 32.2 Å². The largest absolute Gasteiger partial charge is 0.303 e. The van der Waals surface area contributed by atoms with E-state index in [2.05, 4.69) is 25.8 Å². The maximum atomic E-state index is 2.52. The van der Waals surface area contributed by atoms with Crippen LogP contribution in [0.4, 0.5) is 0 Å². The molecule has 1 saturated heterocycles. The second-order valence-corrected chi connectivity index (χ2v) is 4.03. The average Bonchev–Trinajstić information content (AvgIpc) is 2.37. The van der Waals surface area contributed by atoms with Gasteiger partial charge in [-0.15, -0.1) is 0 Å². The summed E-state index contributed by atoms with van der Waals surface area (Å²) in [6.07, 6.45) is 5.59. The summed E-state index contributed by atoms with van der Waals surface area (Å²) in [4.78, 5) is 2.52. The highest BCUT2D eigenvalue weighted by molar-refractivity contribution is 4.77. The van der Waals surface area contributed by atoms with Gasteiger partial charge >= 0.3 is 0 Å². The highest BCUT2D eigenvalue weighted by atomic mass is 15.1. The normalized spacial score (nSPS) is 29.2. The van der Waals surface area contributed by atoms with Gasteiger partial charge < -0.3 is 4.90 Å². The second-order valence-electron chi connectivity index (χ2n) is 4.03. The van der Waals surface area contributed by atoms with Crippen molar-refractivity contribution in [3.8, 4) is 0 Å². The van der Waals surface area contributed by atoms with Crippen molar-refractivity contribution >= 4 is 0 Å². The molecule has 1 rings (SSSR count). The van der Waals surface area contributed by atoms with E-state index in [0.29, 0.717) is 0 Å². The Labute approximate surface area is 70.8 Å². The summed E-state index contributed by atoms with van der Waals surface area (Å²) in [7, 11) is 2.26. The van der Waals surface area contributed by atoms with Gasteiger partial charge in [0, 0.05) is 6.04 Å². The van der Waals surface area contributed by atoms with Crippen LogP contribution in [0.2, 0.25) is 0 Å². The molecule has 0 aromatic carbocycles. The predicted molar refractivity (Wildman–Crippen MR) is 49.7 cm³/mol. The molecule has 11 heavy (non-hydrogen) atoms. The first-order valence-electron chi connectivity index (χ1n) is 4.94. The zero-order chi connectivity index (χ0) is 8.27. The van der Waals surface area contributed by atoms with Crippen molar-refractivity contribution in [2.75, 3.05) is 13.6 Å². The quantitative estimate of drug-likeness (QED) is 0.605. The Balaban J connectivity index is 2.24. The summed E-state index contributed by atoms with van der Waals surface area (Å²) in [5.41, 5.74) is 0. The molecule has 1 aliphatic heterocycles. The second kappa shape index (κ2) is 4.10. The number of nitrogens with zero attached hydrogens (tertiary/aromatic N) is 1. The molecule has 1 aliphatic rings. The minimum Gasteiger partial charge on any atom is -0.303 e.